The van der Waals surface area contributed by atoms with E-state index in [2.05, 4.69) is 6.92 Å². The molecule has 0 aromatic carbocycles. The molecule has 0 aliphatic heterocycles. The quantitative estimate of drug-likeness (QED) is 0.629. The van der Waals surface area contributed by atoms with E-state index in [9.17, 15) is 0 Å². The van der Waals surface area contributed by atoms with Crippen LogP contribution in [0.4, 0.5) is 0 Å². The van der Waals surface area contributed by atoms with Crippen LogP contribution < -0.4 is 11.5 Å². The van der Waals surface area contributed by atoms with Crippen LogP contribution in [0.5, 0.6) is 0 Å². The molecule has 11 heavy (non-hydrogen) atoms. The first-order valence-electron chi connectivity index (χ1n) is 4.73. The first-order valence-corrected chi connectivity index (χ1v) is 4.73. The van der Waals surface area contributed by atoms with Crippen molar-refractivity contribution in [1.29, 1.82) is 0 Å². The van der Waals surface area contributed by atoms with E-state index < -0.39 is 0 Å². The van der Waals surface area contributed by atoms with Gasteiger partial charge in [0.15, 0.2) is 0 Å². The minimum atomic E-state index is 0.423. The molecule has 0 aromatic heterocycles. The summed E-state index contributed by atoms with van der Waals surface area (Å²) in [6, 6.07) is 0.423. The van der Waals surface area contributed by atoms with Gasteiger partial charge >= 0.3 is 0 Å². The zero-order valence-corrected chi connectivity index (χ0v) is 7.42. The van der Waals surface area contributed by atoms with Crippen LogP contribution in [0.15, 0.2) is 0 Å². The molecule has 0 aromatic rings. The molecule has 0 amide bonds. The Bertz CT molecular complexity index is 114. The van der Waals surface area contributed by atoms with E-state index in [1.165, 1.54) is 19.3 Å². The van der Waals surface area contributed by atoms with E-state index in [0.29, 0.717) is 12.0 Å². The highest BCUT2D eigenvalue weighted by Crippen LogP contribution is 2.30. The van der Waals surface area contributed by atoms with Crippen molar-refractivity contribution < 1.29 is 0 Å². The normalized spacial score (nSPS) is 39.0. The van der Waals surface area contributed by atoms with Gasteiger partial charge in [-0.3, -0.25) is 0 Å². The Hall–Kier alpha value is -0.0800. The average molecular weight is 156 g/mol. The van der Waals surface area contributed by atoms with Gasteiger partial charge in [0.2, 0.25) is 0 Å². The van der Waals surface area contributed by atoms with Crippen molar-refractivity contribution in [2.75, 3.05) is 6.54 Å². The molecule has 0 saturated heterocycles. The van der Waals surface area contributed by atoms with Crippen molar-refractivity contribution in [3.63, 3.8) is 0 Å². The van der Waals surface area contributed by atoms with Crippen molar-refractivity contribution >= 4 is 0 Å². The van der Waals surface area contributed by atoms with Crippen LogP contribution in [0.3, 0.4) is 0 Å². The highest BCUT2D eigenvalue weighted by molar-refractivity contribution is 4.81. The van der Waals surface area contributed by atoms with Gasteiger partial charge in [0, 0.05) is 6.04 Å². The van der Waals surface area contributed by atoms with Crippen LogP contribution in [0.25, 0.3) is 0 Å². The Morgan fingerprint density at radius 1 is 1.27 bits per heavy atom. The van der Waals surface area contributed by atoms with Crippen LogP contribution in [0.1, 0.15) is 32.6 Å². The van der Waals surface area contributed by atoms with Crippen molar-refractivity contribution in [2.24, 2.45) is 23.3 Å². The fourth-order valence-corrected chi connectivity index (χ4v) is 2.19. The highest BCUT2D eigenvalue weighted by Gasteiger charge is 2.26. The third-order valence-corrected chi connectivity index (χ3v) is 3.01. The van der Waals surface area contributed by atoms with Crippen LogP contribution in [0, 0.1) is 11.8 Å². The molecule has 0 heterocycles. The number of hydrogen-bond donors (Lipinski definition) is 2. The molecular weight excluding hydrogens is 136 g/mol. The SMILES string of the molecule is CCC1CC[C@H](N)C[C@@H]1CN. The fraction of sp³-hybridized carbons (Fsp3) is 1.00. The van der Waals surface area contributed by atoms with Crippen molar-refractivity contribution in [2.45, 2.75) is 38.6 Å². The molecular formula is C9H20N2. The average Bonchev–Trinajstić information content (AvgIpc) is 2.04. The smallest absolute Gasteiger partial charge is 0.00421 e. The number of hydrogen-bond acceptors (Lipinski definition) is 2. The second-order valence-corrected chi connectivity index (χ2v) is 3.74. The Morgan fingerprint density at radius 2 is 2.00 bits per heavy atom. The maximum Gasteiger partial charge on any atom is 0.00421 e. The van der Waals surface area contributed by atoms with E-state index in [4.69, 9.17) is 11.5 Å². The number of nitrogens with two attached hydrogens (primary N) is 2. The Kier molecular flexibility index (Phi) is 3.34. The molecule has 1 unspecified atom stereocenters. The predicted molar refractivity (Wildman–Crippen MR) is 48.2 cm³/mol. The first kappa shape index (κ1) is 9.01. The van der Waals surface area contributed by atoms with Gasteiger partial charge in [0.25, 0.3) is 0 Å². The summed E-state index contributed by atoms with van der Waals surface area (Å²) in [6.07, 6.45) is 4.91. The molecule has 1 rings (SSSR count). The predicted octanol–water partition coefficient (Wildman–Crippen LogP) is 1.10. The molecule has 1 aliphatic rings. The molecule has 1 fully saturated rings. The molecule has 0 radical (unpaired) electrons. The summed E-state index contributed by atoms with van der Waals surface area (Å²) in [5.41, 5.74) is 11.5. The van der Waals surface area contributed by atoms with E-state index in [0.717, 1.165) is 18.9 Å². The largest absolute Gasteiger partial charge is 0.330 e. The van der Waals surface area contributed by atoms with E-state index in [1.807, 2.05) is 0 Å². The van der Waals surface area contributed by atoms with Gasteiger partial charge in [-0.2, -0.15) is 0 Å². The number of rotatable bonds is 2. The molecule has 2 heteroatoms. The summed E-state index contributed by atoms with van der Waals surface area (Å²) in [4.78, 5) is 0. The zero-order valence-electron chi connectivity index (χ0n) is 7.42. The Balaban J connectivity index is 2.41. The topological polar surface area (TPSA) is 52.0 Å². The maximum absolute atomic E-state index is 5.86. The molecule has 0 spiro atoms. The van der Waals surface area contributed by atoms with Gasteiger partial charge < -0.3 is 11.5 Å². The van der Waals surface area contributed by atoms with Gasteiger partial charge in [-0.25, -0.2) is 0 Å². The monoisotopic (exact) mass is 156 g/mol. The molecule has 1 saturated carbocycles. The molecule has 1 aliphatic carbocycles. The fourth-order valence-electron chi connectivity index (χ4n) is 2.19. The highest BCUT2D eigenvalue weighted by atomic mass is 14.7. The minimum absolute atomic E-state index is 0.423. The second-order valence-electron chi connectivity index (χ2n) is 3.74. The first-order chi connectivity index (χ1) is 5.27. The summed E-state index contributed by atoms with van der Waals surface area (Å²) >= 11 is 0. The lowest BCUT2D eigenvalue weighted by molar-refractivity contribution is 0.216. The molecule has 0 bridgehead atoms. The van der Waals surface area contributed by atoms with Crippen LogP contribution in [-0.4, -0.2) is 12.6 Å². The summed E-state index contributed by atoms with van der Waals surface area (Å²) in [6.45, 7) is 3.08. The van der Waals surface area contributed by atoms with Gasteiger partial charge in [-0.05, 0) is 37.6 Å². The standard InChI is InChI=1S/C9H20N2/c1-2-7-3-4-9(11)5-8(7)6-10/h7-9H,2-6,10-11H2,1H3/t7?,8-,9+/m1/s1. The van der Waals surface area contributed by atoms with E-state index in [-0.39, 0.29) is 0 Å². The van der Waals surface area contributed by atoms with Crippen molar-refractivity contribution in [3.05, 3.63) is 0 Å². The molecule has 4 N–H and O–H groups in total. The third kappa shape index (κ3) is 2.17. The second kappa shape index (κ2) is 4.07. The summed E-state index contributed by atoms with van der Waals surface area (Å²) in [5, 5.41) is 0. The summed E-state index contributed by atoms with van der Waals surface area (Å²) in [5.74, 6) is 1.54. The minimum Gasteiger partial charge on any atom is -0.330 e. The zero-order chi connectivity index (χ0) is 8.27. The van der Waals surface area contributed by atoms with Crippen molar-refractivity contribution in [1.82, 2.24) is 0 Å². The van der Waals surface area contributed by atoms with Gasteiger partial charge in [0.1, 0.15) is 0 Å². The summed E-state index contributed by atoms with van der Waals surface area (Å²) in [7, 11) is 0. The van der Waals surface area contributed by atoms with Crippen LogP contribution >= 0.6 is 0 Å². The molecule has 3 atom stereocenters. The van der Waals surface area contributed by atoms with Gasteiger partial charge in [-0.15, -0.1) is 0 Å². The van der Waals surface area contributed by atoms with E-state index in [1.54, 1.807) is 0 Å². The maximum atomic E-state index is 5.86. The Labute approximate surface area is 69.3 Å². The lowest BCUT2D eigenvalue weighted by Crippen LogP contribution is -2.36. The van der Waals surface area contributed by atoms with Gasteiger partial charge in [0.05, 0.1) is 0 Å². The van der Waals surface area contributed by atoms with Gasteiger partial charge in [-0.1, -0.05) is 13.3 Å². The van der Waals surface area contributed by atoms with Crippen molar-refractivity contribution in [3.8, 4) is 0 Å². The lowest BCUT2D eigenvalue weighted by Gasteiger charge is -2.33. The third-order valence-electron chi connectivity index (χ3n) is 3.01. The van der Waals surface area contributed by atoms with E-state index >= 15 is 0 Å². The van der Waals surface area contributed by atoms with Crippen LogP contribution in [-0.2, 0) is 0 Å². The van der Waals surface area contributed by atoms with Crippen LogP contribution in [0.2, 0.25) is 0 Å². The molecule has 66 valence electrons. The lowest BCUT2D eigenvalue weighted by atomic mass is 9.76. The summed E-state index contributed by atoms with van der Waals surface area (Å²) < 4.78 is 0. The molecule has 2 nitrogen and oxygen atoms in total. The Morgan fingerprint density at radius 3 is 2.55 bits per heavy atom.